The number of carbonyl (C=O) groups excluding carboxylic acids is 1. The standard InChI is InChI=1S/C15H23N3O/c1-10-7-11(2)14(12(3)8-10)18-9-13(5-6-16)17(4)15(18)19/h7-8,13H,5-6,9,16H2,1-4H3. The summed E-state index contributed by atoms with van der Waals surface area (Å²) in [7, 11) is 1.86. The topological polar surface area (TPSA) is 49.6 Å². The van der Waals surface area contributed by atoms with Crippen LogP contribution >= 0.6 is 0 Å². The summed E-state index contributed by atoms with van der Waals surface area (Å²) in [5, 5.41) is 0. The van der Waals surface area contributed by atoms with E-state index in [4.69, 9.17) is 5.73 Å². The molecule has 0 radical (unpaired) electrons. The number of hydrogen-bond donors (Lipinski definition) is 1. The monoisotopic (exact) mass is 261 g/mol. The van der Waals surface area contributed by atoms with Crippen LogP contribution in [0.1, 0.15) is 23.1 Å². The predicted molar refractivity (Wildman–Crippen MR) is 78.6 cm³/mol. The molecule has 4 nitrogen and oxygen atoms in total. The van der Waals surface area contributed by atoms with E-state index >= 15 is 0 Å². The molecule has 4 heteroatoms. The molecule has 104 valence electrons. The summed E-state index contributed by atoms with van der Waals surface area (Å²) in [5.41, 5.74) is 10.2. The lowest BCUT2D eigenvalue weighted by atomic mass is 10.0. The lowest BCUT2D eigenvalue weighted by Gasteiger charge is -2.21. The largest absolute Gasteiger partial charge is 0.330 e. The van der Waals surface area contributed by atoms with Crippen LogP contribution in [0.4, 0.5) is 10.5 Å². The Balaban J connectivity index is 2.35. The number of nitrogens with two attached hydrogens (primary N) is 1. The smallest absolute Gasteiger partial charge is 0.324 e. The SMILES string of the molecule is Cc1cc(C)c(N2CC(CCN)N(C)C2=O)c(C)c1. The molecule has 1 atom stereocenters. The highest BCUT2D eigenvalue weighted by molar-refractivity contribution is 5.96. The van der Waals surface area contributed by atoms with Gasteiger partial charge in [0, 0.05) is 13.6 Å². The van der Waals surface area contributed by atoms with Gasteiger partial charge in [0.1, 0.15) is 0 Å². The Bertz CT molecular complexity index is 475. The maximum Gasteiger partial charge on any atom is 0.324 e. The van der Waals surface area contributed by atoms with Gasteiger partial charge in [-0.15, -0.1) is 0 Å². The van der Waals surface area contributed by atoms with Gasteiger partial charge in [-0.05, 0) is 44.9 Å². The average molecular weight is 261 g/mol. The minimum absolute atomic E-state index is 0.0773. The minimum atomic E-state index is 0.0773. The van der Waals surface area contributed by atoms with Gasteiger partial charge in [-0.2, -0.15) is 0 Å². The maximum atomic E-state index is 12.4. The average Bonchev–Trinajstić information content (AvgIpc) is 2.57. The van der Waals surface area contributed by atoms with Crippen molar-refractivity contribution < 1.29 is 4.79 Å². The molecule has 1 aromatic carbocycles. The van der Waals surface area contributed by atoms with Crippen LogP contribution in [0.5, 0.6) is 0 Å². The lowest BCUT2D eigenvalue weighted by molar-refractivity contribution is 0.217. The Kier molecular flexibility index (Phi) is 3.80. The third kappa shape index (κ3) is 2.45. The van der Waals surface area contributed by atoms with E-state index in [0.29, 0.717) is 6.54 Å². The Morgan fingerprint density at radius 3 is 2.37 bits per heavy atom. The van der Waals surface area contributed by atoms with E-state index < -0.39 is 0 Å². The molecule has 1 fully saturated rings. The predicted octanol–water partition coefficient (Wildman–Crippen LogP) is 2.20. The third-order valence-electron chi connectivity index (χ3n) is 3.88. The second-order valence-electron chi connectivity index (χ2n) is 5.48. The number of amides is 2. The van der Waals surface area contributed by atoms with E-state index in [1.54, 1.807) is 0 Å². The van der Waals surface area contributed by atoms with E-state index in [1.165, 1.54) is 5.56 Å². The highest BCUT2D eigenvalue weighted by atomic mass is 16.2. The van der Waals surface area contributed by atoms with Crippen molar-refractivity contribution in [1.29, 1.82) is 0 Å². The van der Waals surface area contributed by atoms with Crippen LogP contribution < -0.4 is 10.6 Å². The summed E-state index contributed by atoms with van der Waals surface area (Å²) in [6.07, 6.45) is 0.850. The summed E-state index contributed by atoms with van der Waals surface area (Å²) in [6.45, 7) is 7.57. The molecule has 1 heterocycles. The molecular weight excluding hydrogens is 238 g/mol. The summed E-state index contributed by atoms with van der Waals surface area (Å²) >= 11 is 0. The lowest BCUT2D eigenvalue weighted by Crippen LogP contribution is -2.32. The van der Waals surface area contributed by atoms with Gasteiger partial charge in [0.2, 0.25) is 0 Å². The molecule has 1 aliphatic heterocycles. The molecule has 0 spiro atoms. The van der Waals surface area contributed by atoms with Crippen LogP contribution in [-0.4, -0.2) is 37.1 Å². The Labute approximate surface area is 115 Å². The van der Waals surface area contributed by atoms with Gasteiger partial charge in [0.05, 0.1) is 11.7 Å². The van der Waals surface area contributed by atoms with Gasteiger partial charge in [-0.25, -0.2) is 4.79 Å². The van der Waals surface area contributed by atoms with Crippen LogP contribution in [-0.2, 0) is 0 Å². The quantitative estimate of drug-likeness (QED) is 0.907. The molecule has 0 saturated carbocycles. The summed E-state index contributed by atoms with van der Waals surface area (Å²) in [4.78, 5) is 16.1. The maximum absolute atomic E-state index is 12.4. The number of carbonyl (C=O) groups is 1. The first-order chi connectivity index (χ1) is 8.95. The second-order valence-corrected chi connectivity index (χ2v) is 5.48. The van der Waals surface area contributed by atoms with Crippen molar-refractivity contribution in [2.75, 3.05) is 25.0 Å². The van der Waals surface area contributed by atoms with Crippen molar-refractivity contribution in [3.8, 4) is 0 Å². The molecule has 0 bridgehead atoms. The first-order valence-corrected chi connectivity index (χ1v) is 6.78. The highest BCUT2D eigenvalue weighted by Crippen LogP contribution is 2.31. The summed E-state index contributed by atoms with van der Waals surface area (Å²) < 4.78 is 0. The van der Waals surface area contributed by atoms with E-state index in [1.807, 2.05) is 16.8 Å². The first-order valence-electron chi connectivity index (χ1n) is 6.78. The van der Waals surface area contributed by atoms with Crippen molar-refractivity contribution in [1.82, 2.24) is 4.90 Å². The van der Waals surface area contributed by atoms with Crippen molar-refractivity contribution >= 4 is 11.7 Å². The van der Waals surface area contributed by atoms with Crippen LogP contribution in [0.25, 0.3) is 0 Å². The third-order valence-corrected chi connectivity index (χ3v) is 3.88. The molecule has 19 heavy (non-hydrogen) atoms. The number of urea groups is 1. The zero-order valence-electron chi connectivity index (χ0n) is 12.2. The molecule has 0 aromatic heterocycles. The molecule has 2 N–H and O–H groups in total. The molecule has 2 amide bonds. The number of hydrogen-bond acceptors (Lipinski definition) is 2. The fourth-order valence-corrected chi connectivity index (χ4v) is 3.02. The molecule has 1 saturated heterocycles. The molecular formula is C15H23N3O. The highest BCUT2D eigenvalue weighted by Gasteiger charge is 2.35. The van der Waals surface area contributed by atoms with Gasteiger partial charge < -0.3 is 10.6 Å². The zero-order chi connectivity index (χ0) is 14.2. The summed E-state index contributed by atoms with van der Waals surface area (Å²) in [6, 6.07) is 4.56. The number of nitrogens with zero attached hydrogens (tertiary/aromatic N) is 2. The number of benzene rings is 1. The fraction of sp³-hybridized carbons (Fsp3) is 0.533. The van der Waals surface area contributed by atoms with Gasteiger partial charge >= 0.3 is 6.03 Å². The van der Waals surface area contributed by atoms with Crippen LogP contribution in [0, 0.1) is 20.8 Å². The van der Waals surface area contributed by atoms with Crippen molar-refractivity contribution in [2.24, 2.45) is 5.73 Å². The van der Waals surface area contributed by atoms with Crippen molar-refractivity contribution in [3.63, 3.8) is 0 Å². The summed E-state index contributed by atoms with van der Waals surface area (Å²) in [5.74, 6) is 0. The Morgan fingerprint density at radius 1 is 1.26 bits per heavy atom. The van der Waals surface area contributed by atoms with E-state index in [-0.39, 0.29) is 12.1 Å². The second kappa shape index (κ2) is 5.21. The number of anilines is 1. The minimum Gasteiger partial charge on any atom is -0.330 e. The Hall–Kier alpha value is -1.55. The van der Waals surface area contributed by atoms with Crippen LogP contribution in [0.2, 0.25) is 0 Å². The zero-order valence-corrected chi connectivity index (χ0v) is 12.2. The Morgan fingerprint density at radius 2 is 1.84 bits per heavy atom. The number of rotatable bonds is 3. The number of aryl methyl sites for hydroxylation is 3. The van der Waals surface area contributed by atoms with Crippen molar-refractivity contribution in [3.05, 3.63) is 28.8 Å². The first kappa shape index (κ1) is 13.9. The van der Waals surface area contributed by atoms with E-state index in [0.717, 1.165) is 29.8 Å². The molecule has 1 unspecified atom stereocenters. The van der Waals surface area contributed by atoms with Gasteiger partial charge in [-0.3, -0.25) is 4.90 Å². The van der Waals surface area contributed by atoms with Gasteiger partial charge in [-0.1, -0.05) is 17.7 Å². The van der Waals surface area contributed by atoms with Gasteiger partial charge in [0.15, 0.2) is 0 Å². The molecule has 2 rings (SSSR count). The van der Waals surface area contributed by atoms with E-state index in [2.05, 4.69) is 32.9 Å². The molecule has 1 aliphatic rings. The molecule has 1 aromatic rings. The van der Waals surface area contributed by atoms with Gasteiger partial charge in [0.25, 0.3) is 0 Å². The molecule has 0 aliphatic carbocycles. The number of likely N-dealkylation sites (N-methyl/N-ethyl adjacent to an activating group) is 1. The normalized spacial score (nSPS) is 19.4. The fourth-order valence-electron chi connectivity index (χ4n) is 3.02. The van der Waals surface area contributed by atoms with Crippen molar-refractivity contribution in [2.45, 2.75) is 33.2 Å². The van der Waals surface area contributed by atoms with Crippen LogP contribution in [0.15, 0.2) is 12.1 Å². The van der Waals surface area contributed by atoms with Crippen LogP contribution in [0.3, 0.4) is 0 Å². The van der Waals surface area contributed by atoms with E-state index in [9.17, 15) is 4.79 Å².